The van der Waals surface area contributed by atoms with Crippen LogP contribution in [0, 0.1) is 12.7 Å². The van der Waals surface area contributed by atoms with E-state index in [1.165, 1.54) is 12.1 Å². The van der Waals surface area contributed by atoms with Crippen molar-refractivity contribution >= 4 is 27.5 Å². The van der Waals surface area contributed by atoms with E-state index in [1.54, 1.807) is 0 Å². The van der Waals surface area contributed by atoms with E-state index in [0.717, 1.165) is 11.1 Å². The first kappa shape index (κ1) is 16.3. The third kappa shape index (κ3) is 3.76. The summed E-state index contributed by atoms with van der Waals surface area (Å²) >= 11 is 9.08. The monoisotopic (exact) mass is 371 g/mol. The summed E-state index contributed by atoms with van der Waals surface area (Å²) in [6.45, 7) is 3.85. The minimum Gasteiger partial charge on any atom is -0.483 e. The van der Waals surface area contributed by atoms with Crippen LogP contribution in [0.2, 0.25) is 5.02 Å². The van der Waals surface area contributed by atoms with Crippen LogP contribution in [-0.2, 0) is 0 Å². The second kappa shape index (κ2) is 6.77. The number of aryl methyl sites for hydroxylation is 1. The highest BCUT2D eigenvalue weighted by Gasteiger charge is 2.21. The van der Waals surface area contributed by atoms with Crippen LogP contribution in [0.15, 0.2) is 40.9 Å². The summed E-state index contributed by atoms with van der Waals surface area (Å²) in [5.41, 5.74) is 8.10. The van der Waals surface area contributed by atoms with Crippen molar-refractivity contribution in [2.75, 3.05) is 0 Å². The normalized spacial score (nSPS) is 13.8. The topological polar surface area (TPSA) is 35.2 Å². The SMILES string of the molecule is Cc1ccccc1C(Oc1cc(F)c(Cl)cc1Br)C(C)N. The van der Waals surface area contributed by atoms with E-state index < -0.39 is 5.82 Å². The van der Waals surface area contributed by atoms with E-state index in [4.69, 9.17) is 22.1 Å². The van der Waals surface area contributed by atoms with Gasteiger partial charge in [-0.1, -0.05) is 35.9 Å². The quantitative estimate of drug-likeness (QED) is 0.765. The summed E-state index contributed by atoms with van der Waals surface area (Å²) in [5, 5.41) is 0.0439. The van der Waals surface area contributed by atoms with Gasteiger partial charge in [-0.2, -0.15) is 0 Å². The van der Waals surface area contributed by atoms with E-state index in [2.05, 4.69) is 15.9 Å². The minimum absolute atomic E-state index is 0.0439. The lowest BCUT2D eigenvalue weighted by atomic mass is 9.99. The van der Waals surface area contributed by atoms with Gasteiger partial charge in [-0.05, 0) is 47.0 Å². The highest BCUT2D eigenvalue weighted by atomic mass is 79.9. The van der Waals surface area contributed by atoms with Crippen LogP contribution in [-0.4, -0.2) is 6.04 Å². The maximum atomic E-state index is 13.6. The molecule has 112 valence electrons. The van der Waals surface area contributed by atoms with Crippen molar-refractivity contribution in [3.63, 3.8) is 0 Å². The standard InChI is InChI=1S/C16H16BrClFNO/c1-9-5-3-4-6-11(9)16(10(2)20)21-15-8-14(19)13(18)7-12(15)17/h3-8,10,16H,20H2,1-2H3. The second-order valence-electron chi connectivity index (χ2n) is 4.95. The minimum atomic E-state index is -0.525. The van der Waals surface area contributed by atoms with Crippen molar-refractivity contribution in [1.82, 2.24) is 0 Å². The molecule has 0 aliphatic heterocycles. The number of benzene rings is 2. The Labute approximate surface area is 137 Å². The molecule has 2 unspecified atom stereocenters. The van der Waals surface area contributed by atoms with Crippen LogP contribution >= 0.6 is 27.5 Å². The van der Waals surface area contributed by atoms with Gasteiger partial charge in [0, 0.05) is 12.1 Å². The molecule has 0 heterocycles. The third-order valence-corrected chi connectivity index (χ3v) is 4.11. The van der Waals surface area contributed by atoms with Crippen LogP contribution in [0.1, 0.15) is 24.2 Å². The van der Waals surface area contributed by atoms with E-state index in [1.807, 2.05) is 38.1 Å². The molecule has 0 aliphatic rings. The summed E-state index contributed by atoms with van der Waals surface area (Å²) in [6, 6.07) is 10.3. The van der Waals surface area contributed by atoms with Crippen LogP contribution < -0.4 is 10.5 Å². The number of nitrogens with two attached hydrogens (primary N) is 1. The summed E-state index contributed by atoms with van der Waals surface area (Å²) in [5.74, 6) is -0.148. The molecule has 0 radical (unpaired) electrons. The van der Waals surface area contributed by atoms with E-state index in [9.17, 15) is 4.39 Å². The average molecular weight is 373 g/mol. The molecule has 2 aromatic rings. The van der Waals surface area contributed by atoms with Crippen molar-refractivity contribution < 1.29 is 9.13 Å². The van der Waals surface area contributed by atoms with Crippen molar-refractivity contribution in [3.8, 4) is 5.75 Å². The van der Waals surface area contributed by atoms with Gasteiger partial charge in [-0.15, -0.1) is 0 Å². The summed E-state index contributed by atoms with van der Waals surface area (Å²) in [4.78, 5) is 0. The summed E-state index contributed by atoms with van der Waals surface area (Å²) in [7, 11) is 0. The smallest absolute Gasteiger partial charge is 0.145 e. The van der Waals surface area contributed by atoms with Crippen LogP contribution in [0.5, 0.6) is 5.75 Å². The number of halogens is 3. The van der Waals surface area contributed by atoms with Gasteiger partial charge in [0.25, 0.3) is 0 Å². The molecule has 2 rings (SSSR count). The Bertz CT molecular complexity index is 648. The highest BCUT2D eigenvalue weighted by molar-refractivity contribution is 9.10. The first-order valence-corrected chi connectivity index (χ1v) is 7.69. The largest absolute Gasteiger partial charge is 0.483 e. The van der Waals surface area contributed by atoms with E-state index in [0.29, 0.717) is 10.2 Å². The Morgan fingerprint density at radius 2 is 1.95 bits per heavy atom. The van der Waals surface area contributed by atoms with Crippen molar-refractivity contribution in [2.45, 2.75) is 26.0 Å². The van der Waals surface area contributed by atoms with Crippen LogP contribution in [0.3, 0.4) is 0 Å². The first-order valence-electron chi connectivity index (χ1n) is 6.52. The maximum absolute atomic E-state index is 13.6. The first-order chi connectivity index (χ1) is 9.90. The molecule has 0 saturated heterocycles. The molecule has 0 saturated carbocycles. The summed E-state index contributed by atoms with van der Waals surface area (Å²) < 4.78 is 20.2. The van der Waals surface area contributed by atoms with Gasteiger partial charge < -0.3 is 10.5 Å². The predicted molar refractivity (Wildman–Crippen MR) is 87.3 cm³/mol. The molecule has 2 aromatic carbocycles. The van der Waals surface area contributed by atoms with Crippen molar-refractivity contribution in [2.24, 2.45) is 5.73 Å². The molecule has 2 nitrogen and oxygen atoms in total. The van der Waals surface area contributed by atoms with Gasteiger partial charge in [0.2, 0.25) is 0 Å². The fourth-order valence-electron chi connectivity index (χ4n) is 2.09. The molecule has 2 atom stereocenters. The molecule has 21 heavy (non-hydrogen) atoms. The molecule has 0 amide bonds. The van der Waals surface area contributed by atoms with Gasteiger partial charge in [0.05, 0.1) is 9.50 Å². The fraction of sp³-hybridized carbons (Fsp3) is 0.250. The Kier molecular flexibility index (Phi) is 5.25. The second-order valence-corrected chi connectivity index (χ2v) is 6.21. The Balaban J connectivity index is 2.38. The zero-order valence-corrected chi connectivity index (χ0v) is 14.1. The van der Waals surface area contributed by atoms with Gasteiger partial charge >= 0.3 is 0 Å². The average Bonchev–Trinajstić information content (AvgIpc) is 2.42. The molecular formula is C16H16BrClFNO. The molecule has 0 fully saturated rings. The fourth-order valence-corrected chi connectivity index (χ4v) is 2.82. The number of rotatable bonds is 4. The predicted octanol–water partition coefficient (Wildman–Crippen LogP) is 5.02. The Morgan fingerprint density at radius 3 is 2.57 bits per heavy atom. The lowest BCUT2D eigenvalue weighted by Crippen LogP contribution is -2.29. The molecule has 0 aliphatic carbocycles. The Hall–Kier alpha value is -1.10. The molecule has 5 heteroatoms. The van der Waals surface area contributed by atoms with Gasteiger partial charge in [0.15, 0.2) is 0 Å². The summed E-state index contributed by atoms with van der Waals surface area (Å²) in [6.07, 6.45) is -0.372. The lowest BCUT2D eigenvalue weighted by molar-refractivity contribution is 0.178. The third-order valence-electron chi connectivity index (χ3n) is 3.20. The zero-order chi connectivity index (χ0) is 15.6. The molecular weight excluding hydrogens is 357 g/mol. The number of hydrogen-bond donors (Lipinski definition) is 1. The number of ether oxygens (including phenoxy) is 1. The molecule has 0 bridgehead atoms. The van der Waals surface area contributed by atoms with E-state index >= 15 is 0 Å². The molecule has 0 aromatic heterocycles. The lowest BCUT2D eigenvalue weighted by Gasteiger charge is -2.25. The van der Waals surface area contributed by atoms with Crippen LogP contribution in [0.25, 0.3) is 0 Å². The zero-order valence-electron chi connectivity index (χ0n) is 11.7. The highest BCUT2D eigenvalue weighted by Crippen LogP contribution is 2.34. The molecule has 2 N–H and O–H groups in total. The van der Waals surface area contributed by atoms with Crippen LogP contribution in [0.4, 0.5) is 4.39 Å². The van der Waals surface area contributed by atoms with Crippen molar-refractivity contribution in [3.05, 3.63) is 62.8 Å². The van der Waals surface area contributed by atoms with Crippen molar-refractivity contribution in [1.29, 1.82) is 0 Å². The van der Waals surface area contributed by atoms with E-state index in [-0.39, 0.29) is 17.2 Å². The van der Waals surface area contributed by atoms with Gasteiger partial charge in [-0.25, -0.2) is 4.39 Å². The Morgan fingerprint density at radius 1 is 1.29 bits per heavy atom. The van der Waals surface area contributed by atoms with Gasteiger partial charge in [0.1, 0.15) is 17.7 Å². The maximum Gasteiger partial charge on any atom is 0.145 e. The number of hydrogen-bond acceptors (Lipinski definition) is 2. The van der Waals surface area contributed by atoms with Gasteiger partial charge in [-0.3, -0.25) is 0 Å². The molecule has 0 spiro atoms.